The fourth-order valence-corrected chi connectivity index (χ4v) is 4.35. The van der Waals surface area contributed by atoms with Crippen LogP contribution < -0.4 is 9.88 Å². The van der Waals surface area contributed by atoms with E-state index in [0.29, 0.717) is 13.2 Å². The minimum atomic E-state index is -3.61. The summed E-state index contributed by atoms with van der Waals surface area (Å²) in [4.78, 5) is 3.24. The Kier molecular flexibility index (Phi) is 4.22. The van der Waals surface area contributed by atoms with E-state index in [2.05, 4.69) is 17.9 Å². The average Bonchev–Trinajstić information content (AvgIpc) is 2.81. The van der Waals surface area contributed by atoms with Crippen LogP contribution in [0.4, 0.5) is 0 Å². The summed E-state index contributed by atoms with van der Waals surface area (Å²) in [6.07, 6.45) is 0. The number of hydrogen-bond donors (Lipinski definition) is 1. The first kappa shape index (κ1) is 15.5. The van der Waals surface area contributed by atoms with Crippen molar-refractivity contribution in [3.05, 3.63) is 46.3 Å². The molecule has 0 amide bonds. The second-order valence-corrected chi connectivity index (χ2v) is 8.39. The average molecular weight is 338 g/mol. The van der Waals surface area contributed by atoms with Crippen molar-refractivity contribution >= 4 is 21.4 Å². The molecule has 0 atom stereocenters. The molecule has 5 nitrogen and oxygen atoms in total. The van der Waals surface area contributed by atoms with Crippen LogP contribution in [0.25, 0.3) is 0 Å². The summed E-state index contributed by atoms with van der Waals surface area (Å²) in [5, 5.41) is 5.16. The molecule has 1 aromatic heterocycles. The molecule has 0 radical (unpaired) electrons. The molecule has 0 fully saturated rings. The molecule has 0 spiro atoms. The van der Waals surface area contributed by atoms with E-state index in [-0.39, 0.29) is 4.21 Å². The Bertz CT molecular complexity index is 784. The highest BCUT2D eigenvalue weighted by atomic mass is 32.2. The molecule has 7 heteroatoms. The molecule has 2 N–H and O–H groups in total. The van der Waals surface area contributed by atoms with E-state index in [1.807, 2.05) is 18.2 Å². The van der Waals surface area contributed by atoms with Gasteiger partial charge in [-0.25, -0.2) is 13.6 Å². The van der Waals surface area contributed by atoms with Gasteiger partial charge in [0.15, 0.2) is 0 Å². The standard InChI is InChI=1S/C15H18N2O3S2/c1-11-2-4-14-12(8-11)9-17(6-7-20-14)10-13-3-5-15(21-13)22(16,18)19/h2-5,8H,6-7,9-10H2,1H3,(H2,16,18,19). The van der Waals surface area contributed by atoms with Crippen molar-refractivity contribution in [2.45, 2.75) is 24.2 Å². The topological polar surface area (TPSA) is 72.6 Å². The van der Waals surface area contributed by atoms with Gasteiger partial charge in [0.25, 0.3) is 0 Å². The van der Waals surface area contributed by atoms with Crippen LogP contribution in [0.5, 0.6) is 5.75 Å². The van der Waals surface area contributed by atoms with Crippen LogP contribution >= 0.6 is 11.3 Å². The smallest absolute Gasteiger partial charge is 0.247 e. The molecular formula is C15H18N2O3S2. The zero-order chi connectivity index (χ0) is 15.7. The first-order valence-electron chi connectivity index (χ1n) is 6.98. The molecule has 1 aromatic carbocycles. The number of sulfonamides is 1. The maximum absolute atomic E-state index is 11.3. The Morgan fingerprint density at radius 2 is 2.14 bits per heavy atom. The van der Waals surface area contributed by atoms with Crippen molar-refractivity contribution in [1.29, 1.82) is 0 Å². The molecular weight excluding hydrogens is 320 g/mol. The van der Waals surface area contributed by atoms with Gasteiger partial charge in [0.1, 0.15) is 16.6 Å². The molecule has 0 unspecified atom stereocenters. The largest absolute Gasteiger partial charge is 0.492 e. The summed E-state index contributed by atoms with van der Waals surface area (Å²) in [6.45, 7) is 4.98. The van der Waals surface area contributed by atoms with E-state index in [1.54, 1.807) is 6.07 Å². The van der Waals surface area contributed by atoms with Crippen molar-refractivity contribution in [3.63, 3.8) is 0 Å². The number of benzene rings is 1. The van der Waals surface area contributed by atoms with Gasteiger partial charge < -0.3 is 4.74 Å². The highest BCUT2D eigenvalue weighted by Gasteiger charge is 2.17. The maximum atomic E-state index is 11.3. The third-order valence-electron chi connectivity index (χ3n) is 3.57. The first-order valence-corrected chi connectivity index (χ1v) is 9.34. The normalized spacial score (nSPS) is 15.9. The van der Waals surface area contributed by atoms with Gasteiger partial charge in [-0.05, 0) is 25.1 Å². The van der Waals surface area contributed by atoms with Gasteiger partial charge in [0.2, 0.25) is 10.0 Å². The SMILES string of the molecule is Cc1ccc2c(c1)CN(Cc1ccc(S(N)(=O)=O)s1)CCO2. The fourth-order valence-electron chi connectivity index (χ4n) is 2.53. The van der Waals surface area contributed by atoms with Gasteiger partial charge in [-0.1, -0.05) is 17.7 Å². The third-order valence-corrected chi connectivity index (χ3v) is 6.08. The number of fused-ring (bicyclic) bond motifs is 1. The van der Waals surface area contributed by atoms with Crippen LogP contribution in [0.15, 0.2) is 34.5 Å². The number of ether oxygens (including phenoxy) is 1. The zero-order valence-electron chi connectivity index (χ0n) is 12.3. The van der Waals surface area contributed by atoms with Gasteiger partial charge >= 0.3 is 0 Å². The first-order chi connectivity index (χ1) is 10.4. The number of aryl methyl sites for hydroxylation is 1. The van der Waals surface area contributed by atoms with Gasteiger partial charge in [-0.3, -0.25) is 4.90 Å². The summed E-state index contributed by atoms with van der Waals surface area (Å²) >= 11 is 1.23. The molecule has 2 aromatic rings. The lowest BCUT2D eigenvalue weighted by Crippen LogP contribution is -2.24. The Hall–Kier alpha value is -1.41. The summed E-state index contributed by atoms with van der Waals surface area (Å²) < 4.78 is 28.7. The van der Waals surface area contributed by atoms with E-state index in [0.717, 1.165) is 23.7 Å². The number of primary sulfonamides is 1. The highest BCUT2D eigenvalue weighted by molar-refractivity contribution is 7.91. The molecule has 1 aliphatic heterocycles. The number of thiophene rings is 1. The van der Waals surface area contributed by atoms with Crippen molar-refractivity contribution in [2.75, 3.05) is 13.2 Å². The number of rotatable bonds is 3. The monoisotopic (exact) mass is 338 g/mol. The van der Waals surface area contributed by atoms with Gasteiger partial charge in [-0.15, -0.1) is 11.3 Å². The number of hydrogen-bond acceptors (Lipinski definition) is 5. The number of nitrogens with two attached hydrogens (primary N) is 1. The Morgan fingerprint density at radius 3 is 2.86 bits per heavy atom. The molecule has 118 valence electrons. The van der Waals surface area contributed by atoms with E-state index in [1.165, 1.54) is 22.5 Å². The van der Waals surface area contributed by atoms with Crippen LogP contribution in [-0.2, 0) is 23.1 Å². The second kappa shape index (κ2) is 6.00. The maximum Gasteiger partial charge on any atom is 0.247 e. The van der Waals surface area contributed by atoms with Gasteiger partial charge in [0.05, 0.1) is 0 Å². The summed E-state index contributed by atoms with van der Waals surface area (Å²) in [6, 6.07) is 9.59. The minimum Gasteiger partial charge on any atom is -0.492 e. The minimum absolute atomic E-state index is 0.213. The highest BCUT2D eigenvalue weighted by Crippen LogP contribution is 2.27. The fraction of sp³-hybridized carbons (Fsp3) is 0.333. The lowest BCUT2D eigenvalue weighted by molar-refractivity contribution is 0.221. The van der Waals surface area contributed by atoms with Crippen LogP contribution in [0.2, 0.25) is 0 Å². The third kappa shape index (κ3) is 3.49. The van der Waals surface area contributed by atoms with Crippen LogP contribution in [0.1, 0.15) is 16.0 Å². The van der Waals surface area contributed by atoms with Crippen LogP contribution in [0, 0.1) is 6.92 Å². The molecule has 0 aliphatic carbocycles. The molecule has 2 heterocycles. The van der Waals surface area contributed by atoms with E-state index in [4.69, 9.17) is 9.88 Å². The van der Waals surface area contributed by atoms with Crippen molar-refractivity contribution < 1.29 is 13.2 Å². The lowest BCUT2D eigenvalue weighted by Gasteiger charge is -2.18. The zero-order valence-corrected chi connectivity index (χ0v) is 13.9. The molecule has 22 heavy (non-hydrogen) atoms. The Labute approximate surface area is 134 Å². The van der Waals surface area contributed by atoms with Crippen LogP contribution in [-0.4, -0.2) is 26.5 Å². The van der Waals surface area contributed by atoms with Gasteiger partial charge in [0, 0.05) is 30.1 Å². The number of nitrogens with zero attached hydrogens (tertiary/aromatic N) is 1. The van der Waals surface area contributed by atoms with E-state index in [9.17, 15) is 8.42 Å². The predicted molar refractivity (Wildman–Crippen MR) is 86.5 cm³/mol. The summed E-state index contributed by atoms with van der Waals surface area (Å²) in [7, 11) is -3.61. The lowest BCUT2D eigenvalue weighted by atomic mass is 10.1. The van der Waals surface area contributed by atoms with Gasteiger partial charge in [-0.2, -0.15) is 0 Å². The molecule has 1 aliphatic rings. The Morgan fingerprint density at radius 1 is 1.32 bits per heavy atom. The molecule has 0 saturated carbocycles. The summed E-state index contributed by atoms with van der Waals surface area (Å²) in [5.41, 5.74) is 2.37. The predicted octanol–water partition coefficient (Wildman–Crippen LogP) is 2.10. The second-order valence-electron chi connectivity index (χ2n) is 5.44. The van der Waals surface area contributed by atoms with Crippen molar-refractivity contribution in [2.24, 2.45) is 5.14 Å². The quantitative estimate of drug-likeness (QED) is 0.930. The van der Waals surface area contributed by atoms with Crippen molar-refractivity contribution in [1.82, 2.24) is 4.90 Å². The van der Waals surface area contributed by atoms with Crippen molar-refractivity contribution in [3.8, 4) is 5.75 Å². The van der Waals surface area contributed by atoms with Crippen LogP contribution in [0.3, 0.4) is 0 Å². The molecule has 3 rings (SSSR count). The molecule has 0 saturated heterocycles. The van der Waals surface area contributed by atoms with E-state index >= 15 is 0 Å². The Balaban J connectivity index is 1.77. The summed E-state index contributed by atoms with van der Waals surface area (Å²) in [5.74, 6) is 0.935. The molecule has 0 bridgehead atoms. The van der Waals surface area contributed by atoms with E-state index < -0.39 is 10.0 Å².